The molecule has 112 valence electrons. The summed E-state index contributed by atoms with van der Waals surface area (Å²) < 4.78 is 10.2. The van der Waals surface area contributed by atoms with Crippen molar-refractivity contribution in [3.63, 3.8) is 0 Å². The largest absolute Gasteiger partial charge is 0.494 e. The Morgan fingerprint density at radius 1 is 1.40 bits per heavy atom. The van der Waals surface area contributed by atoms with Crippen molar-refractivity contribution in [2.45, 2.75) is 6.92 Å². The monoisotopic (exact) mass is 281 g/mol. The van der Waals surface area contributed by atoms with E-state index >= 15 is 0 Å². The van der Waals surface area contributed by atoms with Gasteiger partial charge in [-0.2, -0.15) is 0 Å². The molecule has 0 spiro atoms. The van der Waals surface area contributed by atoms with E-state index in [1.165, 1.54) is 0 Å². The molecule has 6 heteroatoms. The highest BCUT2D eigenvalue weighted by molar-refractivity contribution is 5.94. The van der Waals surface area contributed by atoms with Crippen molar-refractivity contribution in [2.24, 2.45) is 0 Å². The first-order valence-corrected chi connectivity index (χ1v) is 6.55. The van der Waals surface area contributed by atoms with Crippen molar-refractivity contribution in [3.8, 4) is 5.75 Å². The summed E-state index contributed by atoms with van der Waals surface area (Å²) in [6.07, 6.45) is 0. The summed E-state index contributed by atoms with van der Waals surface area (Å²) in [5.41, 5.74) is 6.89. The third kappa shape index (κ3) is 5.07. The number of methoxy groups -OCH3 is 2. The van der Waals surface area contributed by atoms with Crippen LogP contribution >= 0.6 is 0 Å². The first-order valence-electron chi connectivity index (χ1n) is 6.55. The molecular formula is C14H23N3O3. The topological polar surface area (TPSA) is 76.8 Å². The Labute approximate surface area is 119 Å². The Bertz CT molecular complexity index is 438. The summed E-state index contributed by atoms with van der Waals surface area (Å²) in [6.45, 7) is 4.43. The molecule has 0 aliphatic carbocycles. The number of hydrogen-bond acceptors (Lipinski definition) is 5. The maximum Gasteiger partial charge on any atom is 0.238 e. The van der Waals surface area contributed by atoms with Gasteiger partial charge in [-0.15, -0.1) is 0 Å². The van der Waals surface area contributed by atoms with Crippen molar-refractivity contribution in [1.82, 2.24) is 4.90 Å². The summed E-state index contributed by atoms with van der Waals surface area (Å²) in [5.74, 6) is 0.462. The van der Waals surface area contributed by atoms with Crippen LogP contribution in [-0.2, 0) is 9.53 Å². The molecular weight excluding hydrogens is 258 g/mol. The van der Waals surface area contributed by atoms with Gasteiger partial charge < -0.3 is 20.5 Å². The number of nitrogens with zero attached hydrogens (tertiary/aromatic N) is 1. The Balaban J connectivity index is 2.61. The normalized spacial score (nSPS) is 10.6. The van der Waals surface area contributed by atoms with Gasteiger partial charge >= 0.3 is 0 Å². The van der Waals surface area contributed by atoms with Crippen LogP contribution in [0.2, 0.25) is 0 Å². The van der Waals surface area contributed by atoms with Crippen molar-refractivity contribution in [1.29, 1.82) is 0 Å². The van der Waals surface area contributed by atoms with Crippen LogP contribution in [0.1, 0.15) is 6.92 Å². The molecule has 1 aromatic carbocycles. The number of anilines is 2. The summed E-state index contributed by atoms with van der Waals surface area (Å²) >= 11 is 0. The quantitative estimate of drug-likeness (QED) is 0.700. The van der Waals surface area contributed by atoms with Crippen LogP contribution in [-0.4, -0.2) is 51.3 Å². The van der Waals surface area contributed by atoms with Gasteiger partial charge in [0.1, 0.15) is 5.75 Å². The lowest BCUT2D eigenvalue weighted by Crippen LogP contribution is -2.35. The first kappa shape index (κ1) is 16.3. The maximum absolute atomic E-state index is 12.0. The minimum atomic E-state index is -0.0916. The molecule has 6 nitrogen and oxygen atoms in total. The average molecular weight is 281 g/mol. The van der Waals surface area contributed by atoms with Crippen LogP contribution in [0.4, 0.5) is 11.4 Å². The second-order valence-electron chi connectivity index (χ2n) is 4.37. The molecule has 1 amide bonds. The number of likely N-dealkylation sites (N-methyl/N-ethyl adjacent to an activating group) is 1. The lowest BCUT2D eigenvalue weighted by atomic mass is 10.2. The van der Waals surface area contributed by atoms with Gasteiger partial charge in [0, 0.05) is 25.4 Å². The van der Waals surface area contributed by atoms with E-state index in [1.807, 2.05) is 11.8 Å². The molecule has 3 N–H and O–H groups in total. The van der Waals surface area contributed by atoms with Crippen LogP contribution in [0.5, 0.6) is 5.75 Å². The molecule has 0 radical (unpaired) electrons. The van der Waals surface area contributed by atoms with E-state index in [9.17, 15) is 4.79 Å². The van der Waals surface area contributed by atoms with Crippen LogP contribution in [0, 0.1) is 0 Å². The second kappa shape index (κ2) is 8.39. The van der Waals surface area contributed by atoms with Gasteiger partial charge in [-0.3, -0.25) is 9.69 Å². The molecule has 1 rings (SSSR count). The number of nitrogens with one attached hydrogen (secondary N) is 1. The predicted octanol–water partition coefficient (Wildman–Crippen LogP) is 1.18. The second-order valence-corrected chi connectivity index (χ2v) is 4.37. The Morgan fingerprint density at radius 3 is 2.75 bits per heavy atom. The highest BCUT2D eigenvalue weighted by atomic mass is 16.5. The molecule has 0 fully saturated rings. The van der Waals surface area contributed by atoms with E-state index in [0.717, 1.165) is 13.1 Å². The standard InChI is InChI=1S/C14H23N3O3/c1-4-17(7-8-19-2)10-14(18)16-12-6-5-11(15)9-13(12)20-3/h5-6,9H,4,7-8,10,15H2,1-3H3,(H,16,18). The number of carbonyl (C=O) groups excluding carboxylic acids is 1. The molecule has 1 aromatic rings. The molecule has 0 saturated heterocycles. The highest BCUT2D eigenvalue weighted by Gasteiger charge is 2.11. The van der Waals surface area contributed by atoms with E-state index < -0.39 is 0 Å². The fourth-order valence-electron chi connectivity index (χ4n) is 1.77. The van der Waals surface area contributed by atoms with Crippen LogP contribution in [0.3, 0.4) is 0 Å². The van der Waals surface area contributed by atoms with E-state index in [2.05, 4.69) is 5.32 Å². The van der Waals surface area contributed by atoms with Crippen molar-refractivity contribution in [3.05, 3.63) is 18.2 Å². The average Bonchev–Trinajstić information content (AvgIpc) is 2.45. The summed E-state index contributed by atoms with van der Waals surface area (Å²) in [6, 6.07) is 5.14. The number of ether oxygens (including phenoxy) is 2. The number of hydrogen-bond donors (Lipinski definition) is 2. The molecule has 0 bridgehead atoms. The summed E-state index contributed by atoms with van der Waals surface area (Å²) in [4.78, 5) is 14.0. The number of carbonyl (C=O) groups is 1. The lowest BCUT2D eigenvalue weighted by molar-refractivity contribution is -0.117. The highest BCUT2D eigenvalue weighted by Crippen LogP contribution is 2.26. The molecule has 0 aromatic heterocycles. The Kier molecular flexibility index (Phi) is 6.83. The molecule has 20 heavy (non-hydrogen) atoms. The van der Waals surface area contributed by atoms with E-state index in [-0.39, 0.29) is 5.91 Å². The molecule has 0 unspecified atom stereocenters. The third-order valence-corrected chi connectivity index (χ3v) is 2.93. The van der Waals surface area contributed by atoms with E-state index in [4.69, 9.17) is 15.2 Å². The first-order chi connectivity index (χ1) is 9.60. The zero-order valence-electron chi connectivity index (χ0n) is 12.3. The smallest absolute Gasteiger partial charge is 0.238 e. The minimum Gasteiger partial charge on any atom is -0.494 e. The van der Waals surface area contributed by atoms with Crippen LogP contribution < -0.4 is 15.8 Å². The minimum absolute atomic E-state index is 0.0916. The van der Waals surface area contributed by atoms with Crippen LogP contribution in [0.25, 0.3) is 0 Å². The molecule has 0 heterocycles. The van der Waals surface area contributed by atoms with Crippen LogP contribution in [0.15, 0.2) is 18.2 Å². The zero-order chi connectivity index (χ0) is 15.0. The summed E-state index contributed by atoms with van der Waals surface area (Å²) in [5, 5.41) is 2.83. The van der Waals surface area contributed by atoms with Gasteiger partial charge in [-0.05, 0) is 18.7 Å². The predicted molar refractivity (Wildman–Crippen MR) is 80.0 cm³/mol. The van der Waals surface area contributed by atoms with Crippen molar-refractivity contribution >= 4 is 17.3 Å². The zero-order valence-corrected chi connectivity index (χ0v) is 12.3. The van der Waals surface area contributed by atoms with Gasteiger partial charge in [-0.1, -0.05) is 6.92 Å². The lowest BCUT2D eigenvalue weighted by Gasteiger charge is -2.19. The van der Waals surface area contributed by atoms with Gasteiger partial charge in [0.15, 0.2) is 0 Å². The SMILES string of the molecule is CCN(CCOC)CC(=O)Nc1ccc(N)cc1OC. The fraction of sp³-hybridized carbons (Fsp3) is 0.500. The number of benzene rings is 1. The number of rotatable bonds is 8. The number of nitrogens with two attached hydrogens (primary N) is 1. The van der Waals surface area contributed by atoms with E-state index in [1.54, 1.807) is 32.4 Å². The van der Waals surface area contributed by atoms with Gasteiger partial charge in [0.25, 0.3) is 0 Å². The van der Waals surface area contributed by atoms with Crippen molar-refractivity contribution < 1.29 is 14.3 Å². The fourth-order valence-corrected chi connectivity index (χ4v) is 1.77. The number of nitrogen functional groups attached to an aromatic ring is 1. The third-order valence-electron chi connectivity index (χ3n) is 2.93. The molecule has 0 aliphatic rings. The Morgan fingerprint density at radius 2 is 2.15 bits per heavy atom. The Hall–Kier alpha value is -1.79. The van der Waals surface area contributed by atoms with Gasteiger partial charge in [0.2, 0.25) is 5.91 Å². The number of amides is 1. The van der Waals surface area contributed by atoms with Crippen molar-refractivity contribution in [2.75, 3.05) is 51.5 Å². The summed E-state index contributed by atoms with van der Waals surface area (Å²) in [7, 11) is 3.19. The maximum atomic E-state index is 12.0. The molecule has 0 atom stereocenters. The van der Waals surface area contributed by atoms with Gasteiger partial charge in [0.05, 0.1) is 25.9 Å². The van der Waals surface area contributed by atoms with E-state index in [0.29, 0.717) is 30.3 Å². The molecule has 0 aliphatic heterocycles. The van der Waals surface area contributed by atoms with Gasteiger partial charge in [-0.25, -0.2) is 0 Å². The molecule has 0 saturated carbocycles.